The molecule has 4 rings (SSSR count). The SMILES string of the molecule is F[B-]1(F)N(c2ccccc2)C(c2ccccc2)=Cc2cccc[n+]21. The van der Waals surface area contributed by atoms with E-state index in [4.69, 9.17) is 0 Å². The van der Waals surface area contributed by atoms with Crippen LogP contribution in [0.25, 0.3) is 11.8 Å². The molecule has 1 aromatic heterocycles. The summed E-state index contributed by atoms with van der Waals surface area (Å²) < 4.78 is 31.8. The smallest absolute Gasteiger partial charge is 0.390 e. The van der Waals surface area contributed by atoms with E-state index >= 15 is 8.63 Å². The van der Waals surface area contributed by atoms with Crippen LogP contribution in [0.2, 0.25) is 0 Å². The van der Waals surface area contributed by atoms with Crippen LogP contribution in [0.4, 0.5) is 14.3 Å². The highest BCUT2D eigenvalue weighted by Crippen LogP contribution is 2.35. The number of halogens is 2. The molecule has 0 fully saturated rings. The summed E-state index contributed by atoms with van der Waals surface area (Å²) in [6.07, 6.45) is 3.24. The molecule has 0 bridgehead atoms. The van der Waals surface area contributed by atoms with Gasteiger partial charge in [-0.05, 0) is 23.8 Å². The minimum absolute atomic E-state index is 0.472. The number of hydrogen-bond donors (Lipinski definition) is 0. The topological polar surface area (TPSA) is 7.12 Å². The van der Waals surface area contributed by atoms with Crippen LogP contribution in [0.15, 0.2) is 85.1 Å². The maximum Gasteiger partial charge on any atom is 0.737 e. The Morgan fingerprint density at radius 2 is 1.38 bits per heavy atom. The molecule has 2 heterocycles. The van der Waals surface area contributed by atoms with E-state index in [1.807, 2.05) is 42.5 Å². The molecule has 0 aliphatic carbocycles. The second-order valence-corrected chi connectivity index (χ2v) is 5.72. The van der Waals surface area contributed by atoms with Crippen molar-refractivity contribution in [2.24, 2.45) is 0 Å². The Hall–Kier alpha value is -2.95. The van der Waals surface area contributed by atoms with Gasteiger partial charge in [0.1, 0.15) is 6.20 Å². The Balaban J connectivity index is 1.99. The van der Waals surface area contributed by atoms with Crippen LogP contribution in [0, 0.1) is 0 Å². The molecule has 3 aromatic rings. The lowest BCUT2D eigenvalue weighted by Gasteiger charge is -2.40. The van der Waals surface area contributed by atoms with Crippen LogP contribution in [-0.2, 0) is 0 Å². The van der Waals surface area contributed by atoms with Crippen molar-refractivity contribution in [3.8, 4) is 0 Å². The van der Waals surface area contributed by atoms with Gasteiger partial charge in [-0.25, -0.2) is 0 Å². The van der Waals surface area contributed by atoms with E-state index in [0.717, 1.165) is 14.9 Å². The van der Waals surface area contributed by atoms with Crippen LogP contribution in [0.3, 0.4) is 0 Å². The second-order valence-electron chi connectivity index (χ2n) is 5.72. The monoisotopic (exact) mass is 320 g/mol. The zero-order chi connectivity index (χ0) is 16.6. The highest BCUT2D eigenvalue weighted by atomic mass is 19.2. The molecule has 0 N–H and O–H groups in total. The molecule has 5 heteroatoms. The molecule has 1 aliphatic heterocycles. The van der Waals surface area contributed by atoms with E-state index in [1.165, 1.54) is 6.20 Å². The lowest BCUT2D eigenvalue weighted by molar-refractivity contribution is -0.569. The Morgan fingerprint density at radius 3 is 2.08 bits per heavy atom. The number of aromatic nitrogens is 1. The second kappa shape index (κ2) is 5.60. The summed E-state index contributed by atoms with van der Waals surface area (Å²) in [7, 11) is 0. The molecule has 0 saturated carbocycles. The molecule has 24 heavy (non-hydrogen) atoms. The normalized spacial score (nSPS) is 15.6. The first-order chi connectivity index (χ1) is 11.7. The fraction of sp³-hybridized carbons (Fsp3) is 0. The van der Waals surface area contributed by atoms with E-state index in [1.54, 1.807) is 42.5 Å². The number of nitrogens with zero attached hydrogens (tertiary/aromatic N) is 2. The number of fused-ring (bicyclic) bond motifs is 1. The maximum absolute atomic E-state index is 15.4. The quantitative estimate of drug-likeness (QED) is 0.642. The standard InChI is InChI=1S/C19H15BF2N2/c21-20(22)23-14-8-7-13-18(23)15-19(16-9-3-1-4-10-16)24(20)17-11-5-2-6-12-17/h1-15H. The van der Waals surface area contributed by atoms with Gasteiger partial charge in [0.2, 0.25) is 0 Å². The minimum Gasteiger partial charge on any atom is -0.390 e. The molecular weight excluding hydrogens is 305 g/mol. The summed E-state index contributed by atoms with van der Waals surface area (Å²) >= 11 is 0. The summed E-state index contributed by atoms with van der Waals surface area (Å²) in [5, 5.41) is 0. The van der Waals surface area contributed by atoms with E-state index in [2.05, 4.69) is 0 Å². The molecule has 118 valence electrons. The number of pyridine rings is 1. The van der Waals surface area contributed by atoms with Crippen molar-refractivity contribution in [1.29, 1.82) is 0 Å². The number of benzene rings is 2. The van der Waals surface area contributed by atoms with Gasteiger partial charge < -0.3 is 17.9 Å². The van der Waals surface area contributed by atoms with Crippen LogP contribution in [0.1, 0.15) is 11.3 Å². The van der Waals surface area contributed by atoms with Gasteiger partial charge in [-0.15, -0.1) is 0 Å². The van der Waals surface area contributed by atoms with E-state index < -0.39 is 6.97 Å². The van der Waals surface area contributed by atoms with Crippen molar-refractivity contribution >= 4 is 24.4 Å². The van der Waals surface area contributed by atoms with E-state index in [9.17, 15) is 0 Å². The van der Waals surface area contributed by atoms with Crippen molar-refractivity contribution in [3.05, 3.63) is 96.3 Å². The van der Waals surface area contributed by atoms with Crippen molar-refractivity contribution in [2.45, 2.75) is 0 Å². The predicted octanol–water partition coefficient (Wildman–Crippen LogP) is 4.22. The van der Waals surface area contributed by atoms with Gasteiger partial charge in [0, 0.05) is 23.5 Å². The Kier molecular flexibility index (Phi) is 3.42. The van der Waals surface area contributed by atoms with Gasteiger partial charge in [0.15, 0.2) is 5.69 Å². The highest BCUT2D eigenvalue weighted by molar-refractivity contribution is 6.65. The fourth-order valence-corrected chi connectivity index (χ4v) is 3.11. The number of rotatable bonds is 2. The fourth-order valence-electron chi connectivity index (χ4n) is 3.11. The lowest BCUT2D eigenvalue weighted by atomic mass is 9.85. The molecule has 0 unspecified atom stereocenters. The van der Waals surface area contributed by atoms with E-state index in [0.29, 0.717) is 17.1 Å². The summed E-state index contributed by atoms with van der Waals surface area (Å²) in [5.41, 5.74) is 2.23. The van der Waals surface area contributed by atoms with Gasteiger partial charge in [0.25, 0.3) is 0 Å². The molecule has 0 saturated heterocycles. The number of para-hydroxylation sites is 1. The van der Waals surface area contributed by atoms with Crippen LogP contribution in [-0.4, -0.2) is 6.97 Å². The molecule has 2 aromatic carbocycles. The molecular formula is C19H15BF2N2. The van der Waals surface area contributed by atoms with Gasteiger partial charge in [0.05, 0.1) is 0 Å². The summed E-state index contributed by atoms with van der Waals surface area (Å²) in [6, 6.07) is 23.2. The van der Waals surface area contributed by atoms with Crippen LogP contribution < -0.4 is 9.29 Å². The predicted molar refractivity (Wildman–Crippen MR) is 93.2 cm³/mol. The van der Waals surface area contributed by atoms with E-state index in [-0.39, 0.29) is 0 Å². The summed E-state index contributed by atoms with van der Waals surface area (Å²) in [6.45, 7) is -3.99. The number of anilines is 1. The largest absolute Gasteiger partial charge is 0.737 e. The molecule has 0 spiro atoms. The molecule has 0 atom stereocenters. The average Bonchev–Trinajstić information content (AvgIpc) is 2.63. The number of hydrogen-bond acceptors (Lipinski definition) is 1. The Labute approximate surface area is 139 Å². The zero-order valence-corrected chi connectivity index (χ0v) is 12.9. The molecule has 0 amide bonds. The van der Waals surface area contributed by atoms with Crippen LogP contribution in [0.5, 0.6) is 0 Å². The van der Waals surface area contributed by atoms with Crippen molar-refractivity contribution in [1.82, 2.24) is 0 Å². The van der Waals surface area contributed by atoms with Gasteiger partial charge >= 0.3 is 6.97 Å². The maximum atomic E-state index is 15.4. The zero-order valence-electron chi connectivity index (χ0n) is 12.9. The molecule has 2 nitrogen and oxygen atoms in total. The Bertz CT molecular complexity index is 896. The highest BCUT2D eigenvalue weighted by Gasteiger charge is 2.52. The molecule has 1 aliphatic rings. The summed E-state index contributed by atoms with van der Waals surface area (Å²) in [5.74, 6) is 0. The van der Waals surface area contributed by atoms with Crippen molar-refractivity contribution < 1.29 is 13.1 Å². The first kappa shape index (κ1) is 14.6. The first-order valence-corrected chi connectivity index (χ1v) is 7.82. The first-order valence-electron chi connectivity index (χ1n) is 7.82. The summed E-state index contributed by atoms with van der Waals surface area (Å²) in [4.78, 5) is 1.14. The van der Waals surface area contributed by atoms with Crippen molar-refractivity contribution in [2.75, 3.05) is 4.81 Å². The van der Waals surface area contributed by atoms with Crippen LogP contribution >= 0.6 is 0 Å². The Morgan fingerprint density at radius 1 is 0.750 bits per heavy atom. The lowest BCUT2D eigenvalue weighted by Crippen LogP contribution is -2.71. The third-order valence-electron chi connectivity index (χ3n) is 4.22. The van der Waals surface area contributed by atoms with Gasteiger partial charge in [-0.1, -0.05) is 54.6 Å². The molecule has 0 radical (unpaired) electrons. The van der Waals surface area contributed by atoms with Gasteiger partial charge in [-0.3, -0.25) is 0 Å². The third-order valence-corrected chi connectivity index (χ3v) is 4.22. The average molecular weight is 320 g/mol. The minimum atomic E-state index is -3.99. The van der Waals surface area contributed by atoms with Crippen molar-refractivity contribution in [3.63, 3.8) is 0 Å². The third kappa shape index (κ3) is 2.29. The van der Waals surface area contributed by atoms with Gasteiger partial charge in [-0.2, -0.15) is 0 Å².